The monoisotopic (exact) mass is 264 g/mol. The lowest BCUT2D eigenvalue weighted by molar-refractivity contribution is 0.165. The summed E-state index contributed by atoms with van der Waals surface area (Å²) < 4.78 is 0. The van der Waals surface area contributed by atoms with Gasteiger partial charge in [0.25, 0.3) is 0 Å². The lowest BCUT2D eigenvalue weighted by Crippen LogP contribution is -2.23. The first-order valence-corrected chi connectivity index (χ1v) is 9.19. The van der Waals surface area contributed by atoms with Crippen LogP contribution in [-0.2, 0) is 0 Å². The molecule has 0 aromatic heterocycles. The van der Waals surface area contributed by atoms with Gasteiger partial charge in [0.15, 0.2) is 0 Å². The van der Waals surface area contributed by atoms with Crippen LogP contribution in [0.1, 0.15) is 91.4 Å². The zero-order valence-corrected chi connectivity index (χ0v) is 13.7. The van der Waals surface area contributed by atoms with E-state index in [2.05, 4.69) is 20.8 Å². The van der Waals surface area contributed by atoms with Crippen molar-refractivity contribution in [3.05, 3.63) is 0 Å². The second-order valence-corrected chi connectivity index (χ2v) is 7.91. The Bertz CT molecular complexity index is 228. The molecule has 0 radical (unpaired) electrons. The van der Waals surface area contributed by atoms with E-state index in [0.717, 1.165) is 29.6 Å². The SMILES string of the molecule is CCCC1CCC([C@H](C)CC2CCC(C)CC2)CC1. The molecule has 0 unspecified atom stereocenters. The fraction of sp³-hybridized carbons (Fsp3) is 1.00. The third-order valence-corrected chi connectivity index (χ3v) is 6.23. The predicted molar refractivity (Wildman–Crippen MR) is 85.3 cm³/mol. The maximum atomic E-state index is 2.56. The highest BCUT2D eigenvalue weighted by Crippen LogP contribution is 2.40. The summed E-state index contributed by atoms with van der Waals surface area (Å²) in [6.07, 6.45) is 16.6. The average molecular weight is 264 g/mol. The van der Waals surface area contributed by atoms with Crippen LogP contribution in [0.4, 0.5) is 0 Å². The van der Waals surface area contributed by atoms with Gasteiger partial charge in [0, 0.05) is 0 Å². The Labute approximate surface area is 121 Å². The smallest absolute Gasteiger partial charge is 0.0388 e. The summed E-state index contributed by atoms with van der Waals surface area (Å²) in [5.74, 6) is 5.22. The quantitative estimate of drug-likeness (QED) is 0.535. The molecule has 2 saturated carbocycles. The summed E-state index contributed by atoms with van der Waals surface area (Å²) in [6.45, 7) is 7.34. The second-order valence-electron chi connectivity index (χ2n) is 7.91. The van der Waals surface area contributed by atoms with Crippen molar-refractivity contribution in [2.24, 2.45) is 29.6 Å². The van der Waals surface area contributed by atoms with E-state index in [1.54, 1.807) is 0 Å². The highest BCUT2D eigenvalue weighted by atomic mass is 14.3. The molecule has 0 heteroatoms. The third-order valence-electron chi connectivity index (χ3n) is 6.23. The lowest BCUT2D eigenvalue weighted by Gasteiger charge is -2.35. The van der Waals surface area contributed by atoms with Gasteiger partial charge < -0.3 is 0 Å². The van der Waals surface area contributed by atoms with E-state index in [9.17, 15) is 0 Å². The van der Waals surface area contributed by atoms with Gasteiger partial charge >= 0.3 is 0 Å². The molecule has 112 valence electrons. The van der Waals surface area contributed by atoms with Gasteiger partial charge in [0.2, 0.25) is 0 Å². The van der Waals surface area contributed by atoms with Crippen LogP contribution in [0.15, 0.2) is 0 Å². The zero-order chi connectivity index (χ0) is 13.7. The van der Waals surface area contributed by atoms with Crippen LogP contribution in [0.2, 0.25) is 0 Å². The van der Waals surface area contributed by atoms with Crippen LogP contribution < -0.4 is 0 Å². The van der Waals surface area contributed by atoms with Gasteiger partial charge in [0.1, 0.15) is 0 Å². The largest absolute Gasteiger partial charge is 0.0654 e. The van der Waals surface area contributed by atoms with Crippen molar-refractivity contribution in [1.29, 1.82) is 0 Å². The van der Waals surface area contributed by atoms with Crippen LogP contribution in [0, 0.1) is 29.6 Å². The Morgan fingerprint density at radius 1 is 0.842 bits per heavy atom. The fourth-order valence-electron chi connectivity index (χ4n) is 4.74. The van der Waals surface area contributed by atoms with Crippen molar-refractivity contribution >= 4 is 0 Å². The van der Waals surface area contributed by atoms with E-state index >= 15 is 0 Å². The van der Waals surface area contributed by atoms with Gasteiger partial charge in [-0.15, -0.1) is 0 Å². The van der Waals surface area contributed by atoms with Crippen molar-refractivity contribution in [3.63, 3.8) is 0 Å². The fourth-order valence-corrected chi connectivity index (χ4v) is 4.74. The first kappa shape index (κ1) is 15.4. The molecule has 0 amide bonds. The van der Waals surface area contributed by atoms with Crippen LogP contribution >= 0.6 is 0 Å². The molecule has 0 nitrogen and oxygen atoms in total. The molecule has 1 atom stereocenters. The normalized spacial score (nSPS) is 38.1. The minimum atomic E-state index is 1.00. The third kappa shape index (κ3) is 4.80. The standard InChI is InChI=1S/C19H36/c1-4-5-17-10-12-19(13-11-17)16(3)14-18-8-6-15(2)7-9-18/h15-19H,4-14H2,1-3H3/t15?,16-,17?,18?,19?/m1/s1. The minimum Gasteiger partial charge on any atom is -0.0654 e. The lowest BCUT2D eigenvalue weighted by atomic mass is 9.71. The summed E-state index contributed by atoms with van der Waals surface area (Å²) in [4.78, 5) is 0. The maximum absolute atomic E-state index is 2.56. The van der Waals surface area contributed by atoms with Crippen LogP contribution in [0.3, 0.4) is 0 Å². The van der Waals surface area contributed by atoms with E-state index in [4.69, 9.17) is 0 Å². The average Bonchev–Trinajstić information content (AvgIpc) is 2.42. The summed E-state index contributed by atoms with van der Waals surface area (Å²) in [7, 11) is 0. The number of rotatable bonds is 5. The van der Waals surface area contributed by atoms with Crippen molar-refractivity contribution < 1.29 is 0 Å². The molecular weight excluding hydrogens is 228 g/mol. The highest BCUT2D eigenvalue weighted by molar-refractivity contribution is 4.79. The number of hydrogen-bond acceptors (Lipinski definition) is 0. The van der Waals surface area contributed by atoms with Crippen molar-refractivity contribution in [1.82, 2.24) is 0 Å². The molecule has 0 N–H and O–H groups in total. The molecule has 0 bridgehead atoms. The van der Waals surface area contributed by atoms with Gasteiger partial charge in [-0.2, -0.15) is 0 Å². The zero-order valence-electron chi connectivity index (χ0n) is 13.7. The molecule has 0 aromatic carbocycles. The Morgan fingerprint density at radius 3 is 2.00 bits per heavy atom. The van der Waals surface area contributed by atoms with E-state index in [0.29, 0.717) is 0 Å². The van der Waals surface area contributed by atoms with Crippen LogP contribution in [0.5, 0.6) is 0 Å². The van der Waals surface area contributed by atoms with E-state index in [1.165, 1.54) is 70.6 Å². The summed E-state index contributed by atoms with van der Waals surface area (Å²) in [5.41, 5.74) is 0. The second kappa shape index (κ2) is 7.70. The van der Waals surface area contributed by atoms with Gasteiger partial charge in [0.05, 0.1) is 0 Å². The van der Waals surface area contributed by atoms with E-state index in [-0.39, 0.29) is 0 Å². The Kier molecular flexibility index (Phi) is 6.23. The molecular formula is C19H36. The molecule has 0 aromatic rings. The molecule has 2 fully saturated rings. The summed E-state index contributed by atoms with van der Waals surface area (Å²) >= 11 is 0. The highest BCUT2D eigenvalue weighted by Gasteiger charge is 2.27. The maximum Gasteiger partial charge on any atom is -0.0388 e. The predicted octanol–water partition coefficient (Wildman–Crippen LogP) is 6.45. The molecule has 0 saturated heterocycles. The van der Waals surface area contributed by atoms with Crippen LogP contribution in [0.25, 0.3) is 0 Å². The summed E-state index contributed by atoms with van der Waals surface area (Å²) in [5, 5.41) is 0. The Balaban J connectivity index is 1.68. The molecule has 2 aliphatic carbocycles. The molecule has 0 aliphatic heterocycles. The molecule has 0 heterocycles. The molecule has 2 rings (SSSR count). The minimum absolute atomic E-state index is 1.00. The molecule has 2 aliphatic rings. The first-order valence-electron chi connectivity index (χ1n) is 9.19. The molecule has 19 heavy (non-hydrogen) atoms. The summed E-state index contributed by atoms with van der Waals surface area (Å²) in [6, 6.07) is 0. The van der Waals surface area contributed by atoms with E-state index < -0.39 is 0 Å². The first-order chi connectivity index (χ1) is 9.19. The molecule has 0 spiro atoms. The van der Waals surface area contributed by atoms with Crippen LogP contribution in [-0.4, -0.2) is 0 Å². The topological polar surface area (TPSA) is 0 Å². The van der Waals surface area contributed by atoms with Crippen molar-refractivity contribution in [2.45, 2.75) is 91.4 Å². The van der Waals surface area contributed by atoms with Crippen molar-refractivity contribution in [3.8, 4) is 0 Å². The van der Waals surface area contributed by atoms with Gasteiger partial charge in [-0.05, 0) is 48.9 Å². The van der Waals surface area contributed by atoms with Crippen molar-refractivity contribution in [2.75, 3.05) is 0 Å². The van der Waals surface area contributed by atoms with Gasteiger partial charge in [-0.25, -0.2) is 0 Å². The van der Waals surface area contributed by atoms with Gasteiger partial charge in [-0.3, -0.25) is 0 Å². The van der Waals surface area contributed by atoms with Gasteiger partial charge in [-0.1, -0.05) is 72.1 Å². The number of hydrogen-bond donors (Lipinski definition) is 0. The Hall–Kier alpha value is 0. The Morgan fingerprint density at radius 2 is 1.42 bits per heavy atom. The van der Waals surface area contributed by atoms with E-state index in [1.807, 2.05) is 0 Å².